The maximum absolute atomic E-state index is 12.7. The summed E-state index contributed by atoms with van der Waals surface area (Å²) in [5, 5.41) is 0. The van der Waals surface area contributed by atoms with Crippen LogP contribution in [0.15, 0.2) is 0 Å². The van der Waals surface area contributed by atoms with E-state index in [0.29, 0.717) is 12.8 Å². The Morgan fingerprint density at radius 2 is 1.80 bits per heavy atom. The summed E-state index contributed by atoms with van der Waals surface area (Å²) in [4.78, 5) is 7.92. The lowest BCUT2D eigenvalue weighted by Crippen LogP contribution is -2.27. The molecule has 2 aliphatic rings. The number of halogens is 3. The smallest absolute Gasteiger partial charge is 0.345 e. The highest BCUT2D eigenvalue weighted by Gasteiger charge is 2.42. The van der Waals surface area contributed by atoms with Crippen molar-refractivity contribution in [1.29, 1.82) is 0 Å². The third-order valence-corrected chi connectivity index (χ3v) is 4.68. The summed E-state index contributed by atoms with van der Waals surface area (Å²) >= 11 is 0. The fourth-order valence-electron chi connectivity index (χ4n) is 3.42. The molecular formula is C14H20F3N3. The van der Waals surface area contributed by atoms with Crippen LogP contribution in [0.25, 0.3) is 0 Å². The molecule has 20 heavy (non-hydrogen) atoms. The average Bonchev–Trinajstić information content (AvgIpc) is 2.80. The number of aromatic amines is 1. The Morgan fingerprint density at radius 1 is 1.10 bits per heavy atom. The number of nitrogens with two attached hydrogens (primary N) is 1. The van der Waals surface area contributed by atoms with Crippen LogP contribution in [-0.2, 0) is 12.8 Å². The van der Waals surface area contributed by atoms with Gasteiger partial charge >= 0.3 is 6.18 Å². The molecule has 3 rings (SSSR count). The molecule has 6 heteroatoms. The molecule has 3 nitrogen and oxygen atoms in total. The molecule has 0 spiro atoms. The highest BCUT2D eigenvalue weighted by molar-refractivity contribution is 5.21. The molecule has 1 heterocycles. The van der Waals surface area contributed by atoms with E-state index in [-0.39, 0.29) is 24.8 Å². The summed E-state index contributed by atoms with van der Waals surface area (Å²) in [6.07, 6.45) is 0.173. The maximum Gasteiger partial charge on any atom is 0.391 e. The molecule has 1 fully saturated rings. The van der Waals surface area contributed by atoms with Crippen LogP contribution >= 0.6 is 0 Å². The Morgan fingerprint density at radius 3 is 2.45 bits per heavy atom. The van der Waals surface area contributed by atoms with Crippen LogP contribution in [0, 0.1) is 5.92 Å². The number of H-pyrrole nitrogens is 1. The van der Waals surface area contributed by atoms with Crippen LogP contribution in [0.5, 0.6) is 0 Å². The number of alkyl halides is 3. The van der Waals surface area contributed by atoms with Gasteiger partial charge < -0.3 is 10.7 Å². The zero-order chi connectivity index (χ0) is 14.3. The summed E-state index contributed by atoms with van der Waals surface area (Å²) in [7, 11) is 0. The van der Waals surface area contributed by atoms with Crippen LogP contribution in [0.1, 0.15) is 55.2 Å². The largest absolute Gasteiger partial charge is 0.391 e. The molecule has 1 saturated carbocycles. The second-order valence-corrected chi connectivity index (χ2v) is 6.14. The van der Waals surface area contributed by atoms with Crippen LogP contribution in [0.3, 0.4) is 0 Å². The first-order valence-corrected chi connectivity index (χ1v) is 7.33. The van der Waals surface area contributed by atoms with Gasteiger partial charge in [-0.3, -0.25) is 0 Å². The summed E-state index contributed by atoms with van der Waals surface area (Å²) in [6, 6.07) is 0.178. The number of imidazole rings is 1. The monoisotopic (exact) mass is 287 g/mol. The van der Waals surface area contributed by atoms with Crippen LogP contribution in [0.2, 0.25) is 0 Å². The van der Waals surface area contributed by atoms with Gasteiger partial charge in [0.15, 0.2) is 0 Å². The van der Waals surface area contributed by atoms with Crippen molar-refractivity contribution in [2.24, 2.45) is 11.7 Å². The summed E-state index contributed by atoms with van der Waals surface area (Å²) in [5.74, 6) is -0.100. The standard InChI is InChI=1S/C14H20F3N3/c15-14(16,17)9-3-1-8(2-4-9)13-19-11-6-5-10(18)7-12(11)20-13/h8-10H,1-7,18H2,(H,19,20). The molecule has 2 aliphatic carbocycles. The first-order chi connectivity index (χ1) is 9.43. The molecule has 3 N–H and O–H groups in total. The van der Waals surface area contributed by atoms with Crippen molar-refractivity contribution in [2.45, 2.75) is 63.1 Å². The van der Waals surface area contributed by atoms with Gasteiger partial charge in [-0.15, -0.1) is 0 Å². The molecule has 1 aromatic heterocycles. The van der Waals surface area contributed by atoms with Gasteiger partial charge in [0.05, 0.1) is 11.6 Å². The van der Waals surface area contributed by atoms with Crippen LogP contribution in [0.4, 0.5) is 13.2 Å². The summed E-state index contributed by atoms with van der Waals surface area (Å²) < 4.78 is 38.0. The van der Waals surface area contributed by atoms with E-state index in [0.717, 1.165) is 36.5 Å². The lowest BCUT2D eigenvalue weighted by atomic mass is 9.81. The Hall–Kier alpha value is -1.04. The second kappa shape index (κ2) is 5.06. The first-order valence-electron chi connectivity index (χ1n) is 7.33. The second-order valence-electron chi connectivity index (χ2n) is 6.14. The zero-order valence-corrected chi connectivity index (χ0v) is 11.3. The first kappa shape index (κ1) is 13.9. The number of hydrogen-bond donors (Lipinski definition) is 2. The predicted molar refractivity (Wildman–Crippen MR) is 69.3 cm³/mol. The number of nitrogens with zero attached hydrogens (tertiary/aromatic N) is 1. The SMILES string of the molecule is NC1CCc2nc(C3CCC(C(F)(F)F)CC3)[nH]c2C1. The molecule has 1 aromatic rings. The van der Waals surface area contributed by atoms with E-state index in [1.54, 1.807) is 0 Å². The molecule has 0 aliphatic heterocycles. The molecule has 1 unspecified atom stereocenters. The van der Waals surface area contributed by atoms with Gasteiger partial charge in [0.1, 0.15) is 5.82 Å². The van der Waals surface area contributed by atoms with Crippen LogP contribution < -0.4 is 5.73 Å². The van der Waals surface area contributed by atoms with E-state index in [9.17, 15) is 13.2 Å². The van der Waals surface area contributed by atoms with Gasteiger partial charge in [0, 0.05) is 24.1 Å². The summed E-state index contributed by atoms with van der Waals surface area (Å²) in [6.45, 7) is 0. The van der Waals surface area contributed by atoms with Crippen molar-refractivity contribution in [3.05, 3.63) is 17.2 Å². The molecule has 1 atom stereocenters. The predicted octanol–water partition coefficient (Wildman–Crippen LogP) is 3.06. The highest BCUT2D eigenvalue weighted by Crippen LogP contribution is 2.42. The quantitative estimate of drug-likeness (QED) is 0.834. The van der Waals surface area contributed by atoms with Gasteiger partial charge in [-0.05, 0) is 38.5 Å². The Kier molecular flexibility index (Phi) is 3.52. The van der Waals surface area contributed by atoms with Gasteiger partial charge in [0.2, 0.25) is 0 Å². The van der Waals surface area contributed by atoms with Gasteiger partial charge in [-0.2, -0.15) is 13.2 Å². The minimum Gasteiger partial charge on any atom is -0.345 e. The molecule has 0 bridgehead atoms. The number of fused-ring (bicyclic) bond motifs is 1. The van der Waals surface area contributed by atoms with E-state index in [4.69, 9.17) is 5.73 Å². The molecule has 0 aromatic carbocycles. The highest BCUT2D eigenvalue weighted by atomic mass is 19.4. The van der Waals surface area contributed by atoms with E-state index in [1.807, 2.05) is 0 Å². The fraction of sp³-hybridized carbons (Fsp3) is 0.786. The topological polar surface area (TPSA) is 54.7 Å². The molecule has 0 amide bonds. The van der Waals surface area contributed by atoms with Gasteiger partial charge in [0.25, 0.3) is 0 Å². The minimum atomic E-state index is -4.04. The lowest BCUT2D eigenvalue weighted by molar-refractivity contribution is -0.182. The molecule has 0 radical (unpaired) electrons. The third kappa shape index (κ3) is 2.71. The Labute approximate surface area is 116 Å². The minimum absolute atomic E-state index is 0.149. The number of nitrogens with one attached hydrogen (secondary N) is 1. The van der Waals surface area contributed by atoms with Crippen molar-refractivity contribution in [1.82, 2.24) is 9.97 Å². The van der Waals surface area contributed by atoms with Crippen molar-refractivity contribution < 1.29 is 13.2 Å². The van der Waals surface area contributed by atoms with E-state index in [2.05, 4.69) is 9.97 Å². The third-order valence-electron chi connectivity index (χ3n) is 4.68. The van der Waals surface area contributed by atoms with E-state index >= 15 is 0 Å². The van der Waals surface area contributed by atoms with Crippen molar-refractivity contribution in [3.63, 3.8) is 0 Å². The van der Waals surface area contributed by atoms with Gasteiger partial charge in [-0.25, -0.2) is 4.98 Å². The van der Waals surface area contributed by atoms with E-state index < -0.39 is 12.1 Å². The Bertz CT molecular complexity index is 472. The summed E-state index contributed by atoms with van der Waals surface area (Å²) in [5.41, 5.74) is 8.09. The van der Waals surface area contributed by atoms with Gasteiger partial charge in [-0.1, -0.05) is 0 Å². The zero-order valence-electron chi connectivity index (χ0n) is 11.3. The Balaban J connectivity index is 1.67. The normalized spacial score (nSPS) is 31.1. The molecule has 112 valence electrons. The number of hydrogen-bond acceptors (Lipinski definition) is 2. The van der Waals surface area contributed by atoms with E-state index in [1.165, 1.54) is 0 Å². The van der Waals surface area contributed by atoms with Crippen molar-refractivity contribution in [2.75, 3.05) is 0 Å². The maximum atomic E-state index is 12.7. The number of aromatic nitrogens is 2. The molecule has 0 saturated heterocycles. The van der Waals surface area contributed by atoms with Crippen LogP contribution in [-0.4, -0.2) is 22.2 Å². The van der Waals surface area contributed by atoms with Crippen molar-refractivity contribution in [3.8, 4) is 0 Å². The van der Waals surface area contributed by atoms with Crippen molar-refractivity contribution >= 4 is 0 Å². The molecular weight excluding hydrogens is 267 g/mol. The average molecular weight is 287 g/mol. The fourth-order valence-corrected chi connectivity index (χ4v) is 3.42. The number of aryl methyl sites for hydroxylation is 1. The lowest BCUT2D eigenvalue weighted by Gasteiger charge is -2.28. The number of rotatable bonds is 1.